The molecule has 1 aliphatic carbocycles. The van der Waals surface area contributed by atoms with E-state index in [9.17, 15) is 5.11 Å². The Kier molecular flexibility index (Phi) is 5.44. The van der Waals surface area contributed by atoms with Crippen LogP contribution >= 0.6 is 0 Å². The van der Waals surface area contributed by atoms with Gasteiger partial charge in [-0.1, -0.05) is 31.5 Å². The molecule has 3 nitrogen and oxygen atoms in total. The molecule has 0 radical (unpaired) electrons. The van der Waals surface area contributed by atoms with Gasteiger partial charge < -0.3 is 15.2 Å². The topological polar surface area (TPSA) is 41.5 Å². The first-order valence-electron chi connectivity index (χ1n) is 7.68. The number of hydrogen-bond donors (Lipinski definition) is 2. The molecular formula is C17H27NO2. The first-order valence-corrected chi connectivity index (χ1v) is 7.68. The largest absolute Gasteiger partial charge is 0.490 e. The number of aryl methyl sites for hydroxylation is 2. The molecule has 0 aliphatic heterocycles. The second-order valence-corrected chi connectivity index (χ2v) is 6.11. The number of aliphatic hydroxyl groups is 1. The molecule has 20 heavy (non-hydrogen) atoms. The van der Waals surface area contributed by atoms with Gasteiger partial charge >= 0.3 is 0 Å². The summed E-state index contributed by atoms with van der Waals surface area (Å²) in [5.41, 5.74) is 2.24. The summed E-state index contributed by atoms with van der Waals surface area (Å²) in [6.07, 6.45) is 3.37. The Morgan fingerprint density at radius 3 is 2.60 bits per heavy atom. The van der Waals surface area contributed by atoms with Crippen LogP contribution < -0.4 is 10.1 Å². The molecule has 112 valence electrons. The summed E-state index contributed by atoms with van der Waals surface area (Å²) >= 11 is 0. The van der Waals surface area contributed by atoms with E-state index >= 15 is 0 Å². The van der Waals surface area contributed by atoms with Crippen molar-refractivity contribution in [1.29, 1.82) is 0 Å². The van der Waals surface area contributed by atoms with Crippen molar-refractivity contribution in [3.8, 4) is 5.75 Å². The fourth-order valence-corrected chi connectivity index (χ4v) is 3.00. The van der Waals surface area contributed by atoms with Crippen LogP contribution in [0.1, 0.15) is 37.3 Å². The quantitative estimate of drug-likeness (QED) is 0.840. The van der Waals surface area contributed by atoms with Crippen LogP contribution in [0.2, 0.25) is 0 Å². The highest BCUT2D eigenvalue weighted by Crippen LogP contribution is 2.25. The fraction of sp³-hybridized carbons (Fsp3) is 0.647. The van der Waals surface area contributed by atoms with Crippen LogP contribution in [0.25, 0.3) is 0 Å². The van der Waals surface area contributed by atoms with E-state index in [1.165, 1.54) is 19.3 Å². The standard InChI is InChI=1S/C17H27NO2/c1-12-6-5-9-16(12)18-10-15(19)11-20-17-13(2)7-4-8-14(17)3/h4,7-8,12,15-16,18-19H,5-6,9-11H2,1-3H3. The monoisotopic (exact) mass is 277 g/mol. The molecule has 0 saturated heterocycles. The van der Waals surface area contributed by atoms with Crippen molar-refractivity contribution in [2.45, 2.75) is 52.2 Å². The lowest BCUT2D eigenvalue weighted by molar-refractivity contribution is 0.101. The average Bonchev–Trinajstić information content (AvgIpc) is 2.81. The Balaban J connectivity index is 1.76. The third-order valence-electron chi connectivity index (χ3n) is 4.31. The molecule has 0 bridgehead atoms. The molecule has 3 unspecified atom stereocenters. The molecule has 0 spiro atoms. The lowest BCUT2D eigenvalue weighted by Crippen LogP contribution is -2.39. The van der Waals surface area contributed by atoms with Crippen molar-refractivity contribution in [3.05, 3.63) is 29.3 Å². The zero-order valence-electron chi connectivity index (χ0n) is 12.9. The highest BCUT2D eigenvalue weighted by Gasteiger charge is 2.23. The van der Waals surface area contributed by atoms with Crippen LogP contribution in [0, 0.1) is 19.8 Å². The van der Waals surface area contributed by atoms with Gasteiger partial charge in [0.1, 0.15) is 18.5 Å². The van der Waals surface area contributed by atoms with Crippen molar-refractivity contribution >= 4 is 0 Å². The van der Waals surface area contributed by atoms with Gasteiger partial charge in [0.15, 0.2) is 0 Å². The molecule has 3 atom stereocenters. The maximum absolute atomic E-state index is 10.1. The number of nitrogens with one attached hydrogen (secondary N) is 1. The molecule has 1 aromatic rings. The van der Waals surface area contributed by atoms with Crippen LogP contribution in [0.5, 0.6) is 5.75 Å². The SMILES string of the molecule is Cc1cccc(C)c1OCC(O)CNC1CCCC1C. The Bertz CT molecular complexity index is 413. The van der Waals surface area contributed by atoms with Gasteiger partial charge in [-0.05, 0) is 43.7 Å². The summed E-state index contributed by atoms with van der Waals surface area (Å²) in [6, 6.07) is 6.65. The van der Waals surface area contributed by atoms with E-state index in [1.54, 1.807) is 0 Å². The predicted molar refractivity (Wildman–Crippen MR) is 82.2 cm³/mol. The van der Waals surface area contributed by atoms with E-state index in [2.05, 4.69) is 12.2 Å². The molecule has 1 fully saturated rings. The second-order valence-electron chi connectivity index (χ2n) is 6.11. The van der Waals surface area contributed by atoms with Crippen molar-refractivity contribution in [2.75, 3.05) is 13.2 Å². The molecule has 0 heterocycles. The van der Waals surface area contributed by atoms with E-state index in [0.717, 1.165) is 22.8 Å². The molecular weight excluding hydrogens is 250 g/mol. The van der Waals surface area contributed by atoms with E-state index in [1.807, 2.05) is 32.0 Å². The van der Waals surface area contributed by atoms with Gasteiger partial charge in [-0.25, -0.2) is 0 Å². The lowest BCUT2D eigenvalue weighted by atomic mass is 10.1. The Hall–Kier alpha value is -1.06. The molecule has 0 aromatic heterocycles. The average molecular weight is 277 g/mol. The van der Waals surface area contributed by atoms with Gasteiger partial charge in [-0.3, -0.25) is 0 Å². The van der Waals surface area contributed by atoms with Gasteiger partial charge in [-0.2, -0.15) is 0 Å². The van der Waals surface area contributed by atoms with Crippen molar-refractivity contribution in [1.82, 2.24) is 5.32 Å². The van der Waals surface area contributed by atoms with Gasteiger partial charge in [0.05, 0.1) is 0 Å². The molecule has 1 aliphatic rings. The number of hydrogen-bond acceptors (Lipinski definition) is 3. The Morgan fingerprint density at radius 1 is 1.30 bits per heavy atom. The van der Waals surface area contributed by atoms with E-state index in [-0.39, 0.29) is 0 Å². The van der Waals surface area contributed by atoms with E-state index in [0.29, 0.717) is 19.2 Å². The molecule has 3 heteroatoms. The first kappa shape index (κ1) is 15.3. The number of rotatable bonds is 6. The van der Waals surface area contributed by atoms with Crippen molar-refractivity contribution in [2.24, 2.45) is 5.92 Å². The summed E-state index contributed by atoms with van der Waals surface area (Å²) < 4.78 is 5.78. The van der Waals surface area contributed by atoms with E-state index in [4.69, 9.17) is 4.74 Å². The molecule has 1 saturated carbocycles. The van der Waals surface area contributed by atoms with Gasteiger partial charge in [-0.15, -0.1) is 0 Å². The number of para-hydroxylation sites is 1. The summed E-state index contributed by atoms with van der Waals surface area (Å²) in [6.45, 7) is 7.31. The first-order chi connectivity index (χ1) is 9.58. The smallest absolute Gasteiger partial charge is 0.125 e. The predicted octanol–water partition coefficient (Wildman–Crippen LogP) is 2.82. The number of aliphatic hydroxyl groups excluding tert-OH is 1. The van der Waals surface area contributed by atoms with E-state index < -0.39 is 6.10 Å². The minimum absolute atomic E-state index is 0.347. The minimum atomic E-state index is -0.457. The van der Waals surface area contributed by atoms with Crippen molar-refractivity contribution < 1.29 is 9.84 Å². The normalized spacial score (nSPS) is 23.8. The maximum Gasteiger partial charge on any atom is 0.125 e. The molecule has 1 aromatic carbocycles. The third-order valence-corrected chi connectivity index (χ3v) is 4.31. The number of benzene rings is 1. The van der Waals surface area contributed by atoms with Crippen LogP contribution in [0.15, 0.2) is 18.2 Å². The summed E-state index contributed by atoms with van der Waals surface area (Å²) in [4.78, 5) is 0. The van der Waals surface area contributed by atoms with Crippen molar-refractivity contribution in [3.63, 3.8) is 0 Å². The summed E-state index contributed by atoms with van der Waals surface area (Å²) in [5, 5.41) is 13.5. The lowest BCUT2D eigenvalue weighted by Gasteiger charge is -2.20. The second kappa shape index (κ2) is 7.09. The van der Waals surface area contributed by atoms with Gasteiger partial charge in [0.2, 0.25) is 0 Å². The maximum atomic E-state index is 10.1. The van der Waals surface area contributed by atoms with Crippen LogP contribution in [-0.2, 0) is 0 Å². The summed E-state index contributed by atoms with van der Waals surface area (Å²) in [7, 11) is 0. The van der Waals surface area contributed by atoms with Crippen LogP contribution in [-0.4, -0.2) is 30.4 Å². The zero-order chi connectivity index (χ0) is 14.5. The third kappa shape index (κ3) is 3.97. The fourth-order valence-electron chi connectivity index (χ4n) is 3.00. The van der Waals surface area contributed by atoms with Crippen LogP contribution in [0.4, 0.5) is 0 Å². The summed E-state index contributed by atoms with van der Waals surface area (Å²) in [5.74, 6) is 1.63. The molecule has 0 amide bonds. The highest BCUT2D eigenvalue weighted by atomic mass is 16.5. The molecule has 2 rings (SSSR count). The number of ether oxygens (including phenoxy) is 1. The highest BCUT2D eigenvalue weighted by molar-refractivity contribution is 5.39. The Labute approximate surface area is 122 Å². The van der Waals surface area contributed by atoms with Crippen LogP contribution in [0.3, 0.4) is 0 Å². The van der Waals surface area contributed by atoms with Gasteiger partial charge in [0, 0.05) is 12.6 Å². The molecule has 2 N–H and O–H groups in total. The Morgan fingerprint density at radius 2 is 2.00 bits per heavy atom. The zero-order valence-corrected chi connectivity index (χ0v) is 12.9. The van der Waals surface area contributed by atoms with Gasteiger partial charge in [0.25, 0.3) is 0 Å². The minimum Gasteiger partial charge on any atom is -0.490 e.